The van der Waals surface area contributed by atoms with Gasteiger partial charge in [-0.05, 0) is 43.2 Å². The second-order valence-corrected chi connectivity index (χ2v) is 5.44. The van der Waals surface area contributed by atoms with E-state index in [9.17, 15) is 0 Å². The summed E-state index contributed by atoms with van der Waals surface area (Å²) in [6.45, 7) is 5.57. The number of benzene rings is 1. The molecule has 0 bridgehead atoms. The van der Waals surface area contributed by atoms with Gasteiger partial charge in [-0.2, -0.15) is 10.1 Å². The van der Waals surface area contributed by atoms with E-state index in [-0.39, 0.29) is 0 Å². The molecule has 3 rings (SSSR count). The maximum atomic E-state index is 4.59. The molecular formula is C18H20N6. The summed E-state index contributed by atoms with van der Waals surface area (Å²) in [5.74, 6) is 1.27. The molecule has 1 N–H and O–H groups in total. The van der Waals surface area contributed by atoms with Crippen molar-refractivity contribution in [2.45, 2.75) is 20.4 Å². The minimum absolute atomic E-state index is 0.502. The van der Waals surface area contributed by atoms with Gasteiger partial charge in [0.25, 0.3) is 0 Å². The van der Waals surface area contributed by atoms with Crippen LogP contribution in [0.1, 0.15) is 18.1 Å². The molecule has 24 heavy (non-hydrogen) atoms. The lowest BCUT2D eigenvalue weighted by atomic mass is 10.2. The molecule has 0 saturated heterocycles. The Morgan fingerprint density at radius 2 is 2.04 bits per heavy atom. The van der Waals surface area contributed by atoms with Gasteiger partial charge in [0.05, 0.1) is 6.20 Å². The van der Waals surface area contributed by atoms with E-state index in [2.05, 4.69) is 62.4 Å². The Morgan fingerprint density at radius 3 is 2.79 bits per heavy atom. The van der Waals surface area contributed by atoms with Gasteiger partial charge in [-0.15, -0.1) is 5.10 Å². The molecule has 2 aromatic heterocycles. The second-order valence-electron chi connectivity index (χ2n) is 5.44. The van der Waals surface area contributed by atoms with E-state index in [4.69, 9.17) is 0 Å². The lowest BCUT2D eigenvalue weighted by Crippen LogP contribution is -2.19. The number of nitrogens with zero attached hydrogens (tertiary/aromatic N) is 5. The summed E-state index contributed by atoms with van der Waals surface area (Å²) in [6.07, 6.45) is 5.25. The molecule has 0 saturated carbocycles. The number of aromatic nitrogens is 4. The van der Waals surface area contributed by atoms with E-state index < -0.39 is 0 Å². The normalized spacial score (nSPS) is 10.4. The van der Waals surface area contributed by atoms with Crippen molar-refractivity contribution in [1.29, 1.82) is 0 Å². The monoisotopic (exact) mass is 320 g/mol. The van der Waals surface area contributed by atoms with Gasteiger partial charge >= 0.3 is 0 Å². The molecule has 0 fully saturated rings. The van der Waals surface area contributed by atoms with Gasteiger partial charge in [0, 0.05) is 31.2 Å². The lowest BCUT2D eigenvalue weighted by molar-refractivity contribution is 0.904. The summed E-state index contributed by atoms with van der Waals surface area (Å²) >= 11 is 0. The lowest BCUT2D eigenvalue weighted by Gasteiger charge is -2.22. The van der Waals surface area contributed by atoms with Gasteiger partial charge in [0.2, 0.25) is 5.95 Å². The van der Waals surface area contributed by atoms with E-state index in [1.165, 1.54) is 5.56 Å². The molecular weight excluding hydrogens is 300 g/mol. The van der Waals surface area contributed by atoms with Crippen molar-refractivity contribution in [3.05, 3.63) is 66.1 Å². The third-order valence-electron chi connectivity index (χ3n) is 3.63. The van der Waals surface area contributed by atoms with Gasteiger partial charge in [-0.25, -0.2) is 0 Å². The first-order valence-electron chi connectivity index (χ1n) is 7.93. The average molecular weight is 320 g/mol. The minimum Gasteiger partial charge on any atom is -0.349 e. The summed E-state index contributed by atoms with van der Waals surface area (Å²) in [6, 6.07) is 12.2. The quantitative estimate of drug-likeness (QED) is 0.751. The summed E-state index contributed by atoms with van der Waals surface area (Å²) in [4.78, 5) is 10.8. The third kappa shape index (κ3) is 3.84. The fourth-order valence-electron chi connectivity index (χ4n) is 2.46. The molecule has 0 aliphatic carbocycles. The second kappa shape index (κ2) is 7.50. The van der Waals surface area contributed by atoms with Crippen LogP contribution in [0.25, 0.3) is 0 Å². The highest BCUT2D eigenvalue weighted by molar-refractivity contribution is 5.60. The van der Waals surface area contributed by atoms with Crippen molar-refractivity contribution >= 4 is 17.5 Å². The molecule has 2 heterocycles. The molecule has 3 aromatic rings. The van der Waals surface area contributed by atoms with Gasteiger partial charge in [0.15, 0.2) is 5.82 Å². The molecule has 0 radical (unpaired) electrons. The number of pyridine rings is 1. The number of nitrogens with one attached hydrogen (secondary N) is 1. The molecule has 0 aliphatic rings. The zero-order valence-corrected chi connectivity index (χ0v) is 13.8. The van der Waals surface area contributed by atoms with E-state index in [1.54, 1.807) is 12.4 Å². The number of anilines is 3. The Morgan fingerprint density at radius 1 is 1.12 bits per heavy atom. The molecule has 0 amide bonds. The summed E-state index contributed by atoms with van der Waals surface area (Å²) in [5, 5.41) is 11.3. The summed E-state index contributed by atoms with van der Waals surface area (Å²) in [5.41, 5.74) is 3.37. The number of rotatable bonds is 6. The van der Waals surface area contributed by atoms with Crippen LogP contribution in [0.4, 0.5) is 17.5 Å². The van der Waals surface area contributed by atoms with Crippen molar-refractivity contribution < 1.29 is 0 Å². The molecule has 6 heteroatoms. The van der Waals surface area contributed by atoms with Crippen molar-refractivity contribution in [3.8, 4) is 0 Å². The number of hydrogen-bond acceptors (Lipinski definition) is 6. The van der Waals surface area contributed by atoms with Crippen molar-refractivity contribution in [1.82, 2.24) is 20.2 Å². The van der Waals surface area contributed by atoms with Gasteiger partial charge < -0.3 is 10.2 Å². The highest BCUT2D eigenvalue weighted by atomic mass is 15.3. The molecule has 122 valence electrons. The molecule has 0 spiro atoms. The maximum absolute atomic E-state index is 4.59. The highest BCUT2D eigenvalue weighted by Crippen LogP contribution is 2.23. The van der Waals surface area contributed by atoms with Crippen LogP contribution >= 0.6 is 0 Å². The van der Waals surface area contributed by atoms with Crippen LogP contribution in [-0.2, 0) is 6.54 Å². The smallest absolute Gasteiger partial charge is 0.244 e. The molecule has 1 aromatic carbocycles. The topological polar surface area (TPSA) is 66.8 Å². The summed E-state index contributed by atoms with van der Waals surface area (Å²) in [7, 11) is 0. The van der Waals surface area contributed by atoms with E-state index >= 15 is 0 Å². The average Bonchev–Trinajstić information content (AvgIpc) is 2.62. The Labute approximate surface area is 141 Å². The fourth-order valence-corrected chi connectivity index (χ4v) is 2.46. The first-order valence-corrected chi connectivity index (χ1v) is 7.93. The number of hydrogen-bond donors (Lipinski definition) is 1. The van der Waals surface area contributed by atoms with Crippen LogP contribution < -0.4 is 10.2 Å². The molecule has 0 atom stereocenters. The van der Waals surface area contributed by atoms with Crippen LogP contribution in [-0.4, -0.2) is 26.7 Å². The van der Waals surface area contributed by atoms with Crippen molar-refractivity contribution in [2.24, 2.45) is 0 Å². The minimum atomic E-state index is 0.502. The first-order chi connectivity index (χ1) is 11.8. The van der Waals surface area contributed by atoms with Crippen LogP contribution in [0.2, 0.25) is 0 Å². The SMILES string of the molecule is CCN(c1cccc(C)c1)c1cnnc(NCc2cccnc2)n1. The highest BCUT2D eigenvalue weighted by Gasteiger charge is 2.11. The Bertz CT molecular complexity index is 790. The van der Waals surface area contributed by atoms with Gasteiger partial charge in [0.1, 0.15) is 0 Å². The largest absolute Gasteiger partial charge is 0.349 e. The van der Waals surface area contributed by atoms with E-state index in [0.29, 0.717) is 12.5 Å². The maximum Gasteiger partial charge on any atom is 0.244 e. The first kappa shape index (κ1) is 15.9. The number of aryl methyl sites for hydroxylation is 1. The molecule has 6 nitrogen and oxygen atoms in total. The van der Waals surface area contributed by atoms with E-state index in [0.717, 1.165) is 23.6 Å². The zero-order valence-electron chi connectivity index (χ0n) is 13.8. The molecule has 0 unspecified atom stereocenters. The third-order valence-corrected chi connectivity index (χ3v) is 3.63. The van der Waals surface area contributed by atoms with E-state index in [1.807, 2.05) is 24.4 Å². The Balaban J connectivity index is 1.78. The Kier molecular flexibility index (Phi) is 4.96. The molecule has 0 aliphatic heterocycles. The standard InChI is InChI=1S/C18H20N6/c1-3-24(16-8-4-6-14(2)10-16)17-13-21-23-18(22-17)20-12-15-7-5-9-19-11-15/h4-11,13H,3,12H2,1-2H3,(H,20,22,23). The van der Waals surface area contributed by atoms with Gasteiger partial charge in [-0.3, -0.25) is 4.98 Å². The fraction of sp³-hybridized carbons (Fsp3) is 0.222. The summed E-state index contributed by atoms with van der Waals surface area (Å²) < 4.78 is 0. The van der Waals surface area contributed by atoms with Crippen LogP contribution in [0.5, 0.6) is 0 Å². The zero-order chi connectivity index (χ0) is 16.8. The van der Waals surface area contributed by atoms with Crippen LogP contribution in [0.3, 0.4) is 0 Å². The predicted octanol–water partition coefficient (Wildman–Crippen LogP) is 3.35. The van der Waals surface area contributed by atoms with Crippen LogP contribution in [0, 0.1) is 6.92 Å². The van der Waals surface area contributed by atoms with Crippen LogP contribution in [0.15, 0.2) is 55.0 Å². The van der Waals surface area contributed by atoms with Crippen molar-refractivity contribution in [2.75, 3.05) is 16.8 Å². The van der Waals surface area contributed by atoms with Crippen molar-refractivity contribution in [3.63, 3.8) is 0 Å². The van der Waals surface area contributed by atoms with Gasteiger partial charge in [-0.1, -0.05) is 18.2 Å². The Hall–Kier alpha value is -3.02. The predicted molar refractivity (Wildman–Crippen MR) is 95.2 cm³/mol.